The summed E-state index contributed by atoms with van der Waals surface area (Å²) in [5.41, 5.74) is 14.0. The van der Waals surface area contributed by atoms with Crippen molar-refractivity contribution < 1.29 is 4.42 Å². The van der Waals surface area contributed by atoms with Crippen LogP contribution in [0.2, 0.25) is 0 Å². The predicted octanol–water partition coefficient (Wildman–Crippen LogP) is 15.6. The van der Waals surface area contributed by atoms with Gasteiger partial charge in [-0.2, -0.15) is 0 Å². The van der Waals surface area contributed by atoms with Crippen LogP contribution < -0.4 is 4.90 Å². The van der Waals surface area contributed by atoms with Crippen LogP contribution in [-0.4, -0.2) is 4.57 Å². The van der Waals surface area contributed by atoms with Crippen LogP contribution in [0.3, 0.4) is 0 Å². The SMILES string of the molecule is C1=C(c2ccc(-n3c4ccccc4c4cc5ccccc5cc43)cc2)CCC(N(c2ccc(-c3cccc4ccccc34)cc2)c2ccc3oc4ccccc4c3c2)=C1. The van der Waals surface area contributed by atoms with E-state index in [9.17, 15) is 0 Å². The number of aromatic nitrogens is 1. The second-order valence-electron chi connectivity index (χ2n) is 15.7. The molecule has 0 bridgehead atoms. The normalized spacial score (nSPS) is 13.2. The maximum atomic E-state index is 6.25. The Labute approximate surface area is 342 Å². The molecule has 0 aliphatic heterocycles. The Balaban J connectivity index is 0.922. The molecule has 3 nitrogen and oxygen atoms in total. The first-order chi connectivity index (χ1) is 29.2. The van der Waals surface area contributed by atoms with Crippen LogP contribution in [0.15, 0.2) is 216 Å². The van der Waals surface area contributed by atoms with E-state index in [0.29, 0.717) is 0 Å². The van der Waals surface area contributed by atoms with Gasteiger partial charge in [0.1, 0.15) is 11.2 Å². The van der Waals surface area contributed by atoms with Crippen molar-refractivity contribution in [2.24, 2.45) is 0 Å². The smallest absolute Gasteiger partial charge is 0.135 e. The van der Waals surface area contributed by atoms with E-state index in [-0.39, 0.29) is 0 Å². The molecule has 2 heterocycles. The zero-order valence-corrected chi connectivity index (χ0v) is 32.3. The average molecular weight is 755 g/mol. The first-order valence-corrected chi connectivity index (χ1v) is 20.5. The molecule has 1 aliphatic rings. The Bertz CT molecular complexity index is 3480. The molecule has 0 fully saturated rings. The lowest BCUT2D eigenvalue weighted by molar-refractivity contribution is 0.669. The fraction of sp³-hybridized carbons (Fsp3) is 0.0357. The number of hydrogen-bond acceptors (Lipinski definition) is 2. The molecule has 0 N–H and O–H groups in total. The van der Waals surface area contributed by atoms with E-state index in [0.717, 1.165) is 46.2 Å². The van der Waals surface area contributed by atoms with Gasteiger partial charge in [-0.1, -0.05) is 133 Å². The molecule has 278 valence electrons. The minimum atomic E-state index is 0.902. The van der Waals surface area contributed by atoms with Crippen molar-refractivity contribution in [1.82, 2.24) is 4.57 Å². The van der Waals surface area contributed by atoms with Crippen LogP contribution in [-0.2, 0) is 0 Å². The van der Waals surface area contributed by atoms with Crippen LogP contribution >= 0.6 is 0 Å². The molecular formula is C56H38N2O. The van der Waals surface area contributed by atoms with Crippen molar-refractivity contribution in [3.05, 3.63) is 218 Å². The minimum absolute atomic E-state index is 0.902. The van der Waals surface area contributed by atoms with Gasteiger partial charge in [-0.05, 0) is 129 Å². The summed E-state index contributed by atoms with van der Waals surface area (Å²) in [5.74, 6) is 0. The highest BCUT2D eigenvalue weighted by molar-refractivity contribution is 6.13. The summed E-state index contributed by atoms with van der Waals surface area (Å²) < 4.78 is 8.66. The van der Waals surface area contributed by atoms with E-state index in [1.54, 1.807) is 0 Å². The number of allylic oxidation sites excluding steroid dienone is 4. The number of anilines is 2. The highest BCUT2D eigenvalue weighted by Gasteiger charge is 2.21. The number of hydrogen-bond donors (Lipinski definition) is 0. The Morgan fingerprint density at radius 2 is 1.07 bits per heavy atom. The lowest BCUT2D eigenvalue weighted by atomic mass is 9.94. The van der Waals surface area contributed by atoms with Crippen molar-refractivity contribution in [2.75, 3.05) is 4.90 Å². The van der Waals surface area contributed by atoms with Gasteiger partial charge in [-0.3, -0.25) is 0 Å². The number of benzene rings is 9. The molecule has 9 aromatic carbocycles. The van der Waals surface area contributed by atoms with Gasteiger partial charge in [-0.25, -0.2) is 0 Å². The zero-order chi connectivity index (χ0) is 38.9. The second-order valence-corrected chi connectivity index (χ2v) is 15.7. The van der Waals surface area contributed by atoms with Crippen molar-refractivity contribution in [2.45, 2.75) is 12.8 Å². The van der Waals surface area contributed by atoms with E-state index in [1.165, 1.54) is 77.0 Å². The molecule has 0 spiro atoms. The summed E-state index contributed by atoms with van der Waals surface area (Å²) in [6.45, 7) is 0. The number of nitrogens with zero attached hydrogens (tertiary/aromatic N) is 2. The van der Waals surface area contributed by atoms with Crippen LogP contribution in [0.1, 0.15) is 18.4 Å². The third-order valence-electron chi connectivity index (χ3n) is 12.3. The quantitative estimate of drug-likeness (QED) is 0.169. The van der Waals surface area contributed by atoms with Gasteiger partial charge in [0, 0.05) is 44.3 Å². The molecule has 1 aliphatic carbocycles. The maximum absolute atomic E-state index is 6.25. The molecule has 12 rings (SSSR count). The standard InChI is InChI=1S/C56H38N2O/c1-2-12-42-35-54-51(34-41(42)11-1)49-15-5-7-18-53(49)58(54)45-28-22-38(23-29-45)37-20-26-43(27-21-37)57(46-32-33-56-52(36-46)50-16-6-8-19-55(50)59-56)44-30-24-40(25-31-44)48-17-9-13-39-10-3-4-14-47(39)48/h1-20,22-26,28-36H,21,27H2. The molecular weight excluding hydrogens is 717 g/mol. The topological polar surface area (TPSA) is 21.3 Å². The lowest BCUT2D eigenvalue weighted by Gasteiger charge is -2.30. The molecule has 0 unspecified atom stereocenters. The van der Waals surface area contributed by atoms with E-state index in [2.05, 4.69) is 204 Å². The Kier molecular flexibility index (Phi) is 7.67. The summed E-state index contributed by atoms with van der Waals surface area (Å²) in [7, 11) is 0. The van der Waals surface area contributed by atoms with E-state index in [4.69, 9.17) is 4.42 Å². The number of rotatable bonds is 6. The first-order valence-electron chi connectivity index (χ1n) is 20.5. The van der Waals surface area contributed by atoms with E-state index in [1.807, 2.05) is 12.1 Å². The lowest BCUT2D eigenvalue weighted by Crippen LogP contribution is -2.17. The number of para-hydroxylation sites is 2. The van der Waals surface area contributed by atoms with Gasteiger partial charge >= 0.3 is 0 Å². The van der Waals surface area contributed by atoms with Gasteiger partial charge in [0.15, 0.2) is 0 Å². The molecule has 11 aromatic rings. The molecule has 0 amide bonds. The Hall–Kier alpha value is -7.62. The minimum Gasteiger partial charge on any atom is -0.456 e. The summed E-state index contributed by atoms with van der Waals surface area (Å²) >= 11 is 0. The summed E-state index contributed by atoms with van der Waals surface area (Å²) in [5, 5.41) is 9.85. The molecule has 0 saturated heterocycles. The van der Waals surface area contributed by atoms with Gasteiger partial charge < -0.3 is 13.9 Å². The second kappa shape index (κ2) is 13.5. The molecule has 59 heavy (non-hydrogen) atoms. The van der Waals surface area contributed by atoms with Crippen molar-refractivity contribution in [3.8, 4) is 16.8 Å². The van der Waals surface area contributed by atoms with Crippen LogP contribution in [0.25, 0.3) is 87.7 Å². The van der Waals surface area contributed by atoms with E-state index < -0.39 is 0 Å². The zero-order valence-electron chi connectivity index (χ0n) is 32.3. The Morgan fingerprint density at radius 3 is 1.88 bits per heavy atom. The molecule has 0 radical (unpaired) electrons. The highest BCUT2D eigenvalue weighted by Crippen LogP contribution is 2.41. The molecule has 3 heteroatoms. The summed E-state index contributed by atoms with van der Waals surface area (Å²) in [6, 6.07) is 70.4. The van der Waals surface area contributed by atoms with Gasteiger partial charge in [0.25, 0.3) is 0 Å². The Morgan fingerprint density at radius 1 is 0.407 bits per heavy atom. The van der Waals surface area contributed by atoms with Crippen molar-refractivity contribution in [3.63, 3.8) is 0 Å². The van der Waals surface area contributed by atoms with Crippen LogP contribution in [0.4, 0.5) is 11.4 Å². The van der Waals surface area contributed by atoms with Gasteiger partial charge in [0.2, 0.25) is 0 Å². The average Bonchev–Trinajstić information content (AvgIpc) is 3.84. The fourth-order valence-corrected chi connectivity index (χ4v) is 9.41. The summed E-state index contributed by atoms with van der Waals surface area (Å²) in [6.07, 6.45) is 6.49. The first kappa shape index (κ1) is 33.5. The van der Waals surface area contributed by atoms with Crippen LogP contribution in [0.5, 0.6) is 0 Å². The summed E-state index contributed by atoms with van der Waals surface area (Å²) in [4.78, 5) is 2.43. The van der Waals surface area contributed by atoms with E-state index >= 15 is 0 Å². The third-order valence-corrected chi connectivity index (χ3v) is 12.3. The number of furan rings is 1. The van der Waals surface area contributed by atoms with Crippen molar-refractivity contribution >= 4 is 82.2 Å². The molecule has 0 atom stereocenters. The highest BCUT2D eigenvalue weighted by atomic mass is 16.3. The predicted molar refractivity (Wildman–Crippen MR) is 249 cm³/mol. The molecule has 2 aromatic heterocycles. The van der Waals surface area contributed by atoms with Crippen molar-refractivity contribution in [1.29, 1.82) is 0 Å². The third kappa shape index (κ3) is 5.58. The largest absolute Gasteiger partial charge is 0.456 e. The fourth-order valence-electron chi connectivity index (χ4n) is 9.41. The van der Waals surface area contributed by atoms with Gasteiger partial charge in [-0.15, -0.1) is 0 Å². The monoisotopic (exact) mass is 754 g/mol. The molecule has 0 saturated carbocycles. The van der Waals surface area contributed by atoms with Crippen LogP contribution in [0, 0.1) is 0 Å². The van der Waals surface area contributed by atoms with Gasteiger partial charge in [0.05, 0.1) is 11.0 Å². The number of fused-ring (bicyclic) bond motifs is 8. The maximum Gasteiger partial charge on any atom is 0.135 e.